The summed E-state index contributed by atoms with van der Waals surface area (Å²) in [5, 5.41) is 9.27. The van der Waals surface area contributed by atoms with E-state index in [-0.39, 0.29) is 5.54 Å². The molecule has 3 atom stereocenters. The van der Waals surface area contributed by atoms with Crippen molar-refractivity contribution in [2.24, 2.45) is 11.8 Å². The number of hydrogen-bond acceptors (Lipinski definition) is 2. The SMILES string of the molecule is CC1CCCC(CC(=O)O)(N2CCCC2)C1C. The molecule has 3 heteroatoms. The summed E-state index contributed by atoms with van der Waals surface area (Å²) in [6.45, 7) is 6.76. The molecular weight excluding hydrogens is 214 g/mol. The maximum atomic E-state index is 11.3. The van der Waals surface area contributed by atoms with Crippen molar-refractivity contribution in [3.63, 3.8) is 0 Å². The highest BCUT2D eigenvalue weighted by atomic mass is 16.4. The van der Waals surface area contributed by atoms with Gasteiger partial charge in [0, 0.05) is 5.54 Å². The molecule has 0 spiro atoms. The Balaban J connectivity index is 2.23. The number of carbonyl (C=O) groups is 1. The number of aliphatic carboxylic acids is 1. The van der Waals surface area contributed by atoms with Gasteiger partial charge in [0.1, 0.15) is 0 Å². The first-order valence-corrected chi connectivity index (χ1v) is 7.03. The van der Waals surface area contributed by atoms with Gasteiger partial charge in [0.25, 0.3) is 0 Å². The first-order chi connectivity index (χ1) is 8.06. The summed E-state index contributed by atoms with van der Waals surface area (Å²) in [7, 11) is 0. The van der Waals surface area contributed by atoms with Crippen LogP contribution < -0.4 is 0 Å². The van der Waals surface area contributed by atoms with Crippen molar-refractivity contribution >= 4 is 5.97 Å². The molecule has 0 bridgehead atoms. The third-order valence-corrected chi connectivity index (χ3v) is 5.16. The number of carboxylic acid groups (broad SMARTS) is 1. The Kier molecular flexibility index (Phi) is 3.76. The van der Waals surface area contributed by atoms with E-state index in [0.29, 0.717) is 18.3 Å². The molecule has 1 saturated carbocycles. The van der Waals surface area contributed by atoms with Gasteiger partial charge in [-0.2, -0.15) is 0 Å². The van der Waals surface area contributed by atoms with Crippen molar-refractivity contribution in [1.29, 1.82) is 0 Å². The topological polar surface area (TPSA) is 40.5 Å². The van der Waals surface area contributed by atoms with Gasteiger partial charge in [0.15, 0.2) is 0 Å². The van der Waals surface area contributed by atoms with E-state index in [1.54, 1.807) is 0 Å². The highest BCUT2D eigenvalue weighted by Crippen LogP contribution is 2.45. The smallest absolute Gasteiger partial charge is 0.305 e. The maximum absolute atomic E-state index is 11.3. The Labute approximate surface area is 104 Å². The van der Waals surface area contributed by atoms with Gasteiger partial charge >= 0.3 is 5.97 Å². The summed E-state index contributed by atoms with van der Waals surface area (Å²) in [6, 6.07) is 0. The second kappa shape index (κ2) is 4.97. The Morgan fingerprint density at radius 2 is 1.94 bits per heavy atom. The molecule has 0 aromatic carbocycles. The number of carboxylic acids is 1. The van der Waals surface area contributed by atoms with Crippen LogP contribution in [0, 0.1) is 11.8 Å². The van der Waals surface area contributed by atoms with E-state index < -0.39 is 5.97 Å². The van der Waals surface area contributed by atoms with Crippen LogP contribution >= 0.6 is 0 Å². The molecule has 1 aliphatic heterocycles. The van der Waals surface area contributed by atoms with E-state index in [1.165, 1.54) is 25.7 Å². The average molecular weight is 239 g/mol. The van der Waals surface area contributed by atoms with Crippen molar-refractivity contribution in [1.82, 2.24) is 4.90 Å². The van der Waals surface area contributed by atoms with Gasteiger partial charge in [-0.1, -0.05) is 26.7 Å². The van der Waals surface area contributed by atoms with Crippen LogP contribution in [-0.4, -0.2) is 34.6 Å². The third-order valence-electron chi connectivity index (χ3n) is 5.16. The Bertz CT molecular complexity index is 282. The van der Waals surface area contributed by atoms with Gasteiger partial charge in [-0.25, -0.2) is 0 Å². The van der Waals surface area contributed by atoms with E-state index in [2.05, 4.69) is 18.7 Å². The van der Waals surface area contributed by atoms with Crippen molar-refractivity contribution in [2.75, 3.05) is 13.1 Å². The number of likely N-dealkylation sites (tertiary alicyclic amines) is 1. The minimum absolute atomic E-state index is 0.0556. The zero-order valence-corrected chi connectivity index (χ0v) is 11.1. The fourth-order valence-electron chi connectivity index (χ4n) is 3.97. The van der Waals surface area contributed by atoms with Crippen molar-refractivity contribution < 1.29 is 9.90 Å². The largest absolute Gasteiger partial charge is 0.481 e. The summed E-state index contributed by atoms with van der Waals surface area (Å²) < 4.78 is 0. The molecule has 3 nitrogen and oxygen atoms in total. The molecule has 17 heavy (non-hydrogen) atoms. The molecule has 3 unspecified atom stereocenters. The quantitative estimate of drug-likeness (QED) is 0.823. The summed E-state index contributed by atoms with van der Waals surface area (Å²) in [5.74, 6) is 0.534. The molecular formula is C14H25NO2. The lowest BCUT2D eigenvalue weighted by Crippen LogP contribution is -2.56. The first kappa shape index (κ1) is 12.9. The lowest BCUT2D eigenvalue weighted by atomic mass is 9.66. The summed E-state index contributed by atoms with van der Waals surface area (Å²) >= 11 is 0. The molecule has 1 heterocycles. The molecule has 0 aromatic heterocycles. The fourth-order valence-corrected chi connectivity index (χ4v) is 3.97. The molecule has 2 rings (SSSR count). The summed E-state index contributed by atoms with van der Waals surface area (Å²) in [4.78, 5) is 13.7. The molecule has 1 aliphatic carbocycles. The van der Waals surface area contributed by atoms with Gasteiger partial charge in [-0.3, -0.25) is 9.69 Å². The molecule has 0 amide bonds. The minimum Gasteiger partial charge on any atom is -0.481 e. The van der Waals surface area contributed by atoms with Gasteiger partial charge in [0.05, 0.1) is 6.42 Å². The monoisotopic (exact) mass is 239 g/mol. The van der Waals surface area contributed by atoms with Crippen LogP contribution in [0.3, 0.4) is 0 Å². The van der Waals surface area contributed by atoms with Crippen LogP contribution in [0.5, 0.6) is 0 Å². The highest BCUT2D eigenvalue weighted by molar-refractivity contribution is 5.68. The Morgan fingerprint density at radius 3 is 2.53 bits per heavy atom. The molecule has 1 saturated heterocycles. The van der Waals surface area contributed by atoms with Crippen LogP contribution in [0.4, 0.5) is 0 Å². The van der Waals surface area contributed by atoms with Gasteiger partial charge in [-0.05, 0) is 44.2 Å². The van der Waals surface area contributed by atoms with Crippen molar-refractivity contribution in [3.8, 4) is 0 Å². The van der Waals surface area contributed by atoms with E-state index in [1.807, 2.05) is 0 Å². The Hall–Kier alpha value is -0.570. The number of hydrogen-bond donors (Lipinski definition) is 1. The van der Waals surface area contributed by atoms with Gasteiger partial charge in [-0.15, -0.1) is 0 Å². The molecule has 0 radical (unpaired) electrons. The van der Waals surface area contributed by atoms with Gasteiger partial charge in [0.2, 0.25) is 0 Å². The second-order valence-electron chi connectivity index (χ2n) is 6.03. The minimum atomic E-state index is -0.627. The fraction of sp³-hybridized carbons (Fsp3) is 0.929. The summed E-state index contributed by atoms with van der Waals surface area (Å²) in [5.41, 5.74) is -0.0556. The highest BCUT2D eigenvalue weighted by Gasteiger charge is 2.47. The van der Waals surface area contributed by atoms with E-state index in [4.69, 9.17) is 0 Å². The molecule has 2 aliphatic rings. The van der Waals surface area contributed by atoms with E-state index >= 15 is 0 Å². The molecule has 1 N–H and O–H groups in total. The van der Waals surface area contributed by atoms with E-state index in [9.17, 15) is 9.90 Å². The van der Waals surface area contributed by atoms with Crippen LogP contribution in [0.1, 0.15) is 52.4 Å². The summed E-state index contributed by atoms with van der Waals surface area (Å²) in [6.07, 6.45) is 6.33. The number of rotatable bonds is 3. The lowest BCUT2D eigenvalue weighted by Gasteiger charge is -2.51. The van der Waals surface area contributed by atoms with Crippen molar-refractivity contribution in [2.45, 2.75) is 57.9 Å². The predicted molar refractivity (Wildman–Crippen MR) is 68.0 cm³/mol. The molecule has 2 fully saturated rings. The van der Waals surface area contributed by atoms with Crippen LogP contribution in [0.25, 0.3) is 0 Å². The predicted octanol–water partition coefficient (Wildman–Crippen LogP) is 2.75. The Morgan fingerprint density at radius 1 is 1.29 bits per heavy atom. The second-order valence-corrected chi connectivity index (χ2v) is 6.03. The standard InChI is InChI=1S/C14H25NO2/c1-11-6-5-7-14(12(11)2,10-13(16)17)15-8-3-4-9-15/h11-12H,3-10H2,1-2H3,(H,16,17). The maximum Gasteiger partial charge on any atom is 0.305 e. The lowest BCUT2D eigenvalue weighted by molar-refractivity contribution is -0.143. The normalized spacial score (nSPS) is 39.4. The van der Waals surface area contributed by atoms with Crippen LogP contribution in [-0.2, 0) is 4.79 Å². The van der Waals surface area contributed by atoms with Crippen molar-refractivity contribution in [3.05, 3.63) is 0 Å². The average Bonchev–Trinajstić information content (AvgIpc) is 2.78. The first-order valence-electron chi connectivity index (χ1n) is 7.03. The van der Waals surface area contributed by atoms with Crippen LogP contribution in [0.15, 0.2) is 0 Å². The zero-order chi connectivity index (χ0) is 12.5. The van der Waals surface area contributed by atoms with E-state index in [0.717, 1.165) is 19.5 Å². The van der Waals surface area contributed by atoms with Gasteiger partial charge < -0.3 is 5.11 Å². The molecule has 0 aromatic rings. The van der Waals surface area contributed by atoms with Crippen LogP contribution in [0.2, 0.25) is 0 Å². The molecule has 98 valence electrons. The number of nitrogens with zero attached hydrogens (tertiary/aromatic N) is 1. The zero-order valence-electron chi connectivity index (χ0n) is 11.1. The third kappa shape index (κ3) is 2.35.